The topological polar surface area (TPSA) is 102 Å². The Hall–Kier alpha value is -3.69. The van der Waals surface area contributed by atoms with Gasteiger partial charge in [-0.25, -0.2) is 23.4 Å². The lowest BCUT2D eigenvalue weighted by molar-refractivity contribution is -0.128. The number of carbonyl (C=O) groups is 2. The summed E-state index contributed by atoms with van der Waals surface area (Å²) in [5.41, 5.74) is 3.67. The average molecular weight is 442 g/mol. The Morgan fingerprint density at radius 1 is 1.03 bits per heavy atom. The van der Waals surface area contributed by atoms with Gasteiger partial charge in [0.05, 0.1) is 12.1 Å². The summed E-state index contributed by atoms with van der Waals surface area (Å²) in [6.07, 6.45) is -0.0698. The molecule has 1 atom stereocenters. The van der Waals surface area contributed by atoms with Gasteiger partial charge in [-0.3, -0.25) is 9.59 Å². The summed E-state index contributed by atoms with van der Waals surface area (Å²) < 4.78 is 28.5. The number of amides is 2. The van der Waals surface area contributed by atoms with Gasteiger partial charge in [-0.2, -0.15) is 5.10 Å². The van der Waals surface area contributed by atoms with Gasteiger partial charge in [0.1, 0.15) is 6.04 Å². The first-order valence-corrected chi connectivity index (χ1v) is 9.94. The molecule has 8 nitrogen and oxygen atoms in total. The van der Waals surface area contributed by atoms with Crippen LogP contribution in [0.15, 0.2) is 24.3 Å². The zero-order valence-corrected chi connectivity index (χ0v) is 18.5. The van der Waals surface area contributed by atoms with Gasteiger partial charge >= 0.3 is 0 Å². The van der Waals surface area contributed by atoms with E-state index in [0.717, 1.165) is 23.5 Å². The van der Waals surface area contributed by atoms with E-state index in [1.165, 1.54) is 13.1 Å². The minimum atomic E-state index is -1.18. The molecule has 0 aliphatic heterocycles. The Kier molecular flexibility index (Phi) is 6.61. The summed E-state index contributed by atoms with van der Waals surface area (Å²) in [5.74, 6) is -2.78. The van der Waals surface area contributed by atoms with Crippen LogP contribution in [0, 0.1) is 39.3 Å². The van der Waals surface area contributed by atoms with E-state index >= 15 is 0 Å². The van der Waals surface area contributed by atoms with Crippen molar-refractivity contribution in [2.24, 2.45) is 0 Å². The van der Waals surface area contributed by atoms with Crippen molar-refractivity contribution in [3.8, 4) is 5.95 Å². The molecule has 0 fully saturated rings. The molecule has 0 radical (unpaired) electrons. The molecule has 10 heteroatoms. The van der Waals surface area contributed by atoms with E-state index in [1.54, 1.807) is 18.5 Å². The number of rotatable bonds is 6. The zero-order chi connectivity index (χ0) is 23.6. The molecule has 0 saturated heterocycles. The van der Waals surface area contributed by atoms with Gasteiger partial charge in [-0.1, -0.05) is 6.07 Å². The van der Waals surface area contributed by atoms with Crippen molar-refractivity contribution in [2.75, 3.05) is 7.05 Å². The van der Waals surface area contributed by atoms with Gasteiger partial charge in [-0.15, -0.1) is 0 Å². The number of hydrogen-bond acceptors (Lipinski definition) is 5. The van der Waals surface area contributed by atoms with E-state index in [9.17, 15) is 18.4 Å². The van der Waals surface area contributed by atoms with Gasteiger partial charge in [0.25, 0.3) is 5.95 Å². The molecule has 2 aromatic heterocycles. The Morgan fingerprint density at radius 3 is 2.28 bits per heavy atom. The molecule has 0 saturated carbocycles. The van der Waals surface area contributed by atoms with E-state index in [-0.39, 0.29) is 12.0 Å². The van der Waals surface area contributed by atoms with E-state index in [2.05, 4.69) is 25.7 Å². The number of hydrogen-bond donors (Lipinski definition) is 2. The van der Waals surface area contributed by atoms with Gasteiger partial charge in [0, 0.05) is 29.7 Å². The van der Waals surface area contributed by atoms with Crippen LogP contribution in [0.3, 0.4) is 0 Å². The van der Waals surface area contributed by atoms with Crippen LogP contribution >= 0.6 is 0 Å². The summed E-state index contributed by atoms with van der Waals surface area (Å²) in [6, 6.07) is 3.72. The van der Waals surface area contributed by atoms with Gasteiger partial charge < -0.3 is 10.6 Å². The van der Waals surface area contributed by atoms with Crippen molar-refractivity contribution in [1.29, 1.82) is 0 Å². The SMILES string of the molecule is CNC(=O)C(NC(=O)Cc1c(C)nn(-c2nc(C)cc(C)n2)c1C)c1ccc(F)c(F)c1. The molecule has 2 N–H and O–H groups in total. The largest absolute Gasteiger partial charge is 0.357 e. The second-order valence-electron chi connectivity index (χ2n) is 7.48. The summed E-state index contributed by atoms with van der Waals surface area (Å²) in [5, 5.41) is 9.48. The van der Waals surface area contributed by atoms with Crippen LogP contribution in [0.25, 0.3) is 5.95 Å². The lowest BCUT2D eigenvalue weighted by Crippen LogP contribution is -2.39. The number of nitrogens with zero attached hydrogens (tertiary/aromatic N) is 4. The highest BCUT2D eigenvalue weighted by Crippen LogP contribution is 2.20. The third-order valence-corrected chi connectivity index (χ3v) is 5.03. The minimum Gasteiger partial charge on any atom is -0.357 e. The maximum atomic E-state index is 13.7. The van der Waals surface area contributed by atoms with Gasteiger partial charge in [0.15, 0.2) is 11.6 Å². The Labute approximate surface area is 184 Å². The highest BCUT2D eigenvalue weighted by molar-refractivity contribution is 5.89. The highest BCUT2D eigenvalue weighted by atomic mass is 19.2. The number of benzene rings is 1. The maximum absolute atomic E-state index is 13.7. The molecular weight excluding hydrogens is 418 g/mol. The van der Waals surface area contributed by atoms with Gasteiger partial charge in [0.2, 0.25) is 11.8 Å². The standard InChI is InChI=1S/C22H24F2N6O2/c1-11-8-12(2)27-22(26-11)30-14(4)16(13(3)29-30)10-19(31)28-20(21(32)25-5)15-6-7-17(23)18(24)9-15/h6-9,20H,10H2,1-5H3,(H,25,32)(H,28,31). The van der Waals surface area contributed by atoms with Crippen LogP contribution in [0.5, 0.6) is 0 Å². The fourth-order valence-electron chi connectivity index (χ4n) is 3.44. The molecule has 3 aromatic rings. The molecule has 2 amide bonds. The van der Waals surface area contributed by atoms with Crippen molar-refractivity contribution in [2.45, 2.75) is 40.2 Å². The summed E-state index contributed by atoms with van der Waals surface area (Å²) >= 11 is 0. The maximum Gasteiger partial charge on any atom is 0.251 e. The number of aryl methyl sites for hydroxylation is 3. The van der Waals surface area contributed by atoms with Crippen molar-refractivity contribution in [3.05, 3.63) is 69.8 Å². The highest BCUT2D eigenvalue weighted by Gasteiger charge is 2.25. The van der Waals surface area contributed by atoms with E-state index in [4.69, 9.17) is 0 Å². The van der Waals surface area contributed by atoms with E-state index in [0.29, 0.717) is 22.9 Å². The zero-order valence-electron chi connectivity index (χ0n) is 18.5. The van der Waals surface area contributed by atoms with Crippen LogP contribution < -0.4 is 10.6 Å². The molecule has 1 aromatic carbocycles. The van der Waals surface area contributed by atoms with Crippen LogP contribution in [0.1, 0.15) is 39.9 Å². The van der Waals surface area contributed by atoms with Crippen LogP contribution in [0.2, 0.25) is 0 Å². The Bertz CT molecular complexity index is 1170. The van der Waals surface area contributed by atoms with Crippen molar-refractivity contribution in [3.63, 3.8) is 0 Å². The third kappa shape index (κ3) is 4.79. The normalized spacial score (nSPS) is 11.8. The first kappa shape index (κ1) is 23.0. The van der Waals surface area contributed by atoms with E-state index < -0.39 is 29.5 Å². The number of nitrogens with one attached hydrogen (secondary N) is 2. The number of carbonyl (C=O) groups excluding carboxylic acids is 2. The molecule has 0 bridgehead atoms. The second-order valence-corrected chi connectivity index (χ2v) is 7.48. The molecule has 1 unspecified atom stereocenters. The summed E-state index contributed by atoms with van der Waals surface area (Å²) in [6.45, 7) is 7.28. The Morgan fingerprint density at radius 2 is 1.69 bits per heavy atom. The van der Waals surface area contributed by atoms with Crippen molar-refractivity contribution < 1.29 is 18.4 Å². The number of likely N-dealkylation sites (N-methyl/N-ethyl adjacent to an activating group) is 1. The molecule has 2 heterocycles. The van der Waals surface area contributed by atoms with Gasteiger partial charge in [-0.05, 0) is 51.5 Å². The third-order valence-electron chi connectivity index (χ3n) is 5.03. The van der Waals surface area contributed by atoms with Crippen LogP contribution in [-0.2, 0) is 16.0 Å². The first-order valence-electron chi connectivity index (χ1n) is 9.94. The molecule has 3 rings (SSSR count). The summed E-state index contributed by atoms with van der Waals surface area (Å²) in [7, 11) is 1.39. The van der Waals surface area contributed by atoms with E-state index in [1.807, 2.05) is 19.9 Å². The number of aromatic nitrogens is 4. The quantitative estimate of drug-likeness (QED) is 0.610. The number of halogens is 2. The molecule has 0 aliphatic rings. The molecular formula is C22H24F2N6O2. The molecule has 32 heavy (non-hydrogen) atoms. The van der Waals surface area contributed by atoms with Crippen LogP contribution in [0.4, 0.5) is 8.78 Å². The lowest BCUT2D eigenvalue weighted by atomic mass is 10.0. The van der Waals surface area contributed by atoms with Crippen molar-refractivity contribution in [1.82, 2.24) is 30.4 Å². The first-order chi connectivity index (χ1) is 15.1. The Balaban J connectivity index is 1.86. The predicted molar refractivity (Wildman–Crippen MR) is 113 cm³/mol. The fraction of sp³-hybridized carbons (Fsp3) is 0.318. The molecule has 0 spiro atoms. The smallest absolute Gasteiger partial charge is 0.251 e. The average Bonchev–Trinajstić information content (AvgIpc) is 3.01. The fourth-order valence-corrected chi connectivity index (χ4v) is 3.44. The summed E-state index contributed by atoms with van der Waals surface area (Å²) in [4.78, 5) is 33.9. The van der Waals surface area contributed by atoms with Crippen LogP contribution in [-0.4, -0.2) is 38.6 Å². The lowest BCUT2D eigenvalue weighted by Gasteiger charge is -2.18. The van der Waals surface area contributed by atoms with Crippen molar-refractivity contribution >= 4 is 11.8 Å². The monoisotopic (exact) mass is 442 g/mol. The molecule has 0 aliphatic carbocycles. The second kappa shape index (κ2) is 9.21. The molecule has 168 valence electrons. The predicted octanol–water partition coefficient (Wildman–Crippen LogP) is 2.32. The minimum absolute atomic E-state index is 0.0698.